The highest BCUT2D eigenvalue weighted by Crippen LogP contribution is 2.27. The van der Waals surface area contributed by atoms with Crippen LogP contribution < -0.4 is 0 Å². The molecule has 2 unspecified atom stereocenters. The Morgan fingerprint density at radius 3 is 1.86 bits per heavy atom. The van der Waals surface area contributed by atoms with Crippen molar-refractivity contribution in [3.63, 3.8) is 0 Å². The lowest BCUT2D eigenvalue weighted by atomic mass is 10.1. The molecule has 1 saturated heterocycles. The summed E-state index contributed by atoms with van der Waals surface area (Å²) in [4.78, 5) is 0. The Morgan fingerprint density at radius 2 is 1.86 bits per heavy atom. The van der Waals surface area contributed by atoms with Gasteiger partial charge in [-0.25, -0.2) is 0 Å². The van der Waals surface area contributed by atoms with Gasteiger partial charge in [-0.2, -0.15) is 0 Å². The van der Waals surface area contributed by atoms with Crippen LogP contribution in [0.3, 0.4) is 0 Å². The molecule has 1 rings (SSSR count). The molecule has 0 aromatic heterocycles. The molecule has 0 radical (unpaired) electrons. The zero-order valence-electron chi connectivity index (χ0n) is 5.14. The minimum atomic E-state index is 0.542. The Morgan fingerprint density at radius 1 is 1.43 bits per heavy atom. The second-order valence-electron chi connectivity index (χ2n) is 2.55. The summed E-state index contributed by atoms with van der Waals surface area (Å²) in [5, 5.41) is 0. The predicted molar refractivity (Wildman–Crippen MR) is 29.2 cm³/mol. The van der Waals surface area contributed by atoms with Crippen LogP contribution in [0.1, 0.15) is 20.8 Å². The lowest BCUT2D eigenvalue weighted by Gasteiger charge is -1.92. The quantitative estimate of drug-likeness (QED) is 0.454. The summed E-state index contributed by atoms with van der Waals surface area (Å²) in [7, 11) is 0. The first-order valence-electron chi connectivity index (χ1n) is 2.87. The summed E-state index contributed by atoms with van der Waals surface area (Å²) >= 11 is 0. The maximum atomic E-state index is 5.18. The lowest BCUT2D eigenvalue weighted by molar-refractivity contribution is 0.339. The molecule has 2 atom stereocenters. The minimum Gasteiger partial charge on any atom is -0.370 e. The second-order valence-corrected chi connectivity index (χ2v) is 2.55. The summed E-state index contributed by atoms with van der Waals surface area (Å²) in [6.07, 6.45) is 1.11. The lowest BCUT2D eigenvalue weighted by Crippen LogP contribution is -1.98. The first-order chi connectivity index (χ1) is 3.22. The molecule has 1 heteroatoms. The Bertz CT molecular complexity index is 68.6. The van der Waals surface area contributed by atoms with Crippen LogP contribution in [-0.2, 0) is 4.74 Å². The SMILES string of the molecule is CC(C)C1OC1C. The molecule has 0 bridgehead atoms. The van der Waals surface area contributed by atoms with Gasteiger partial charge < -0.3 is 4.74 Å². The van der Waals surface area contributed by atoms with E-state index in [1.165, 1.54) is 0 Å². The maximum Gasteiger partial charge on any atom is 0.0861 e. The molecule has 1 heterocycles. The number of epoxide rings is 1. The highest BCUT2D eigenvalue weighted by Gasteiger charge is 2.36. The third kappa shape index (κ3) is 0.942. The van der Waals surface area contributed by atoms with Crippen LogP contribution in [0.2, 0.25) is 0 Å². The molecule has 7 heavy (non-hydrogen) atoms. The Hall–Kier alpha value is -0.0400. The topological polar surface area (TPSA) is 12.5 Å². The molecular formula is C6H12O. The minimum absolute atomic E-state index is 0.542. The number of hydrogen-bond donors (Lipinski definition) is 0. The van der Waals surface area contributed by atoms with Crippen molar-refractivity contribution in [2.75, 3.05) is 0 Å². The fourth-order valence-electron chi connectivity index (χ4n) is 0.902. The monoisotopic (exact) mass is 100 g/mol. The average molecular weight is 100 g/mol. The van der Waals surface area contributed by atoms with Gasteiger partial charge >= 0.3 is 0 Å². The Balaban J connectivity index is 2.20. The Labute approximate surface area is 44.7 Å². The van der Waals surface area contributed by atoms with E-state index in [1.54, 1.807) is 0 Å². The molecule has 0 spiro atoms. The molecule has 42 valence electrons. The van der Waals surface area contributed by atoms with Crippen molar-refractivity contribution in [1.82, 2.24) is 0 Å². The molecule has 0 aromatic carbocycles. The van der Waals surface area contributed by atoms with E-state index in [2.05, 4.69) is 20.8 Å². The summed E-state index contributed by atoms with van der Waals surface area (Å²) in [5.41, 5.74) is 0. The molecule has 1 fully saturated rings. The van der Waals surface area contributed by atoms with Crippen molar-refractivity contribution in [2.45, 2.75) is 33.0 Å². The molecule has 0 saturated carbocycles. The van der Waals surface area contributed by atoms with Gasteiger partial charge in [-0.3, -0.25) is 0 Å². The molecular weight excluding hydrogens is 88.1 g/mol. The van der Waals surface area contributed by atoms with Crippen LogP contribution in [0.15, 0.2) is 0 Å². The van der Waals surface area contributed by atoms with E-state index in [0.717, 1.165) is 5.92 Å². The molecule has 0 N–H and O–H groups in total. The van der Waals surface area contributed by atoms with Crippen molar-refractivity contribution in [3.05, 3.63) is 0 Å². The molecule has 0 aromatic rings. The molecule has 0 aliphatic carbocycles. The van der Waals surface area contributed by atoms with E-state index < -0.39 is 0 Å². The van der Waals surface area contributed by atoms with Crippen LogP contribution in [-0.4, -0.2) is 12.2 Å². The Kier molecular flexibility index (Phi) is 1.08. The van der Waals surface area contributed by atoms with Gasteiger partial charge in [-0.1, -0.05) is 13.8 Å². The number of rotatable bonds is 1. The second kappa shape index (κ2) is 1.48. The predicted octanol–water partition coefficient (Wildman–Crippen LogP) is 1.43. The van der Waals surface area contributed by atoms with Crippen molar-refractivity contribution in [1.29, 1.82) is 0 Å². The fourth-order valence-corrected chi connectivity index (χ4v) is 0.902. The molecule has 1 aliphatic heterocycles. The van der Waals surface area contributed by atoms with Gasteiger partial charge in [0.15, 0.2) is 0 Å². The highest BCUT2D eigenvalue weighted by atomic mass is 16.6. The summed E-state index contributed by atoms with van der Waals surface area (Å²) in [5.74, 6) is 0.718. The highest BCUT2D eigenvalue weighted by molar-refractivity contribution is 4.82. The summed E-state index contributed by atoms with van der Waals surface area (Å²) < 4.78 is 5.18. The van der Waals surface area contributed by atoms with E-state index in [4.69, 9.17) is 4.74 Å². The van der Waals surface area contributed by atoms with E-state index in [9.17, 15) is 0 Å². The van der Waals surface area contributed by atoms with E-state index in [-0.39, 0.29) is 0 Å². The van der Waals surface area contributed by atoms with Crippen LogP contribution in [0.4, 0.5) is 0 Å². The standard InChI is InChI=1S/C6H12O/c1-4(2)6-5(3)7-6/h4-6H,1-3H3. The van der Waals surface area contributed by atoms with Crippen LogP contribution in [0.25, 0.3) is 0 Å². The first-order valence-corrected chi connectivity index (χ1v) is 2.87. The zero-order valence-corrected chi connectivity index (χ0v) is 5.14. The van der Waals surface area contributed by atoms with Crippen LogP contribution in [0, 0.1) is 5.92 Å². The van der Waals surface area contributed by atoms with Crippen molar-refractivity contribution < 1.29 is 4.74 Å². The van der Waals surface area contributed by atoms with Gasteiger partial charge in [0.2, 0.25) is 0 Å². The zero-order chi connectivity index (χ0) is 5.44. The van der Waals surface area contributed by atoms with Gasteiger partial charge in [0.25, 0.3) is 0 Å². The smallest absolute Gasteiger partial charge is 0.0861 e. The van der Waals surface area contributed by atoms with Crippen molar-refractivity contribution >= 4 is 0 Å². The molecule has 1 aliphatic rings. The normalized spacial score (nSPS) is 39.4. The van der Waals surface area contributed by atoms with E-state index in [1.807, 2.05) is 0 Å². The summed E-state index contributed by atoms with van der Waals surface area (Å²) in [6, 6.07) is 0. The maximum absolute atomic E-state index is 5.18. The average Bonchev–Trinajstić information content (AvgIpc) is 2.17. The molecule has 0 amide bonds. The van der Waals surface area contributed by atoms with Gasteiger partial charge in [0.1, 0.15) is 0 Å². The largest absolute Gasteiger partial charge is 0.370 e. The van der Waals surface area contributed by atoms with Crippen molar-refractivity contribution in [2.24, 2.45) is 5.92 Å². The number of hydrogen-bond acceptors (Lipinski definition) is 1. The van der Waals surface area contributed by atoms with Crippen LogP contribution in [0.5, 0.6) is 0 Å². The van der Waals surface area contributed by atoms with Gasteiger partial charge in [-0.05, 0) is 12.8 Å². The van der Waals surface area contributed by atoms with Gasteiger partial charge in [-0.15, -0.1) is 0 Å². The van der Waals surface area contributed by atoms with Gasteiger partial charge in [0, 0.05) is 0 Å². The van der Waals surface area contributed by atoms with Crippen molar-refractivity contribution in [3.8, 4) is 0 Å². The van der Waals surface area contributed by atoms with E-state index in [0.29, 0.717) is 12.2 Å². The summed E-state index contributed by atoms with van der Waals surface area (Å²) in [6.45, 7) is 6.49. The third-order valence-corrected chi connectivity index (χ3v) is 1.41. The van der Waals surface area contributed by atoms with Gasteiger partial charge in [0.05, 0.1) is 12.2 Å². The molecule has 1 nitrogen and oxygen atoms in total. The van der Waals surface area contributed by atoms with Crippen LogP contribution >= 0.6 is 0 Å². The third-order valence-electron chi connectivity index (χ3n) is 1.41. The number of ether oxygens (including phenoxy) is 1. The fraction of sp³-hybridized carbons (Fsp3) is 1.00. The van der Waals surface area contributed by atoms with E-state index >= 15 is 0 Å². The first kappa shape index (κ1) is 5.10.